The van der Waals surface area contributed by atoms with Gasteiger partial charge in [-0.1, -0.05) is 11.2 Å². The molecule has 0 saturated carbocycles. The molecule has 0 aliphatic carbocycles. The number of ether oxygens (including phenoxy) is 4. The molecule has 0 atom stereocenters. The van der Waals surface area contributed by atoms with Crippen molar-refractivity contribution >= 4 is 5.91 Å². The van der Waals surface area contributed by atoms with Crippen LogP contribution in [0.25, 0.3) is 11.3 Å². The van der Waals surface area contributed by atoms with E-state index in [9.17, 15) is 4.79 Å². The summed E-state index contributed by atoms with van der Waals surface area (Å²) in [6, 6.07) is 12.8. The van der Waals surface area contributed by atoms with Crippen molar-refractivity contribution in [2.45, 2.75) is 13.0 Å². The molecule has 1 aromatic heterocycles. The lowest BCUT2D eigenvalue weighted by atomic mass is 10.1. The summed E-state index contributed by atoms with van der Waals surface area (Å²) in [4.78, 5) is 12.2. The van der Waals surface area contributed by atoms with Crippen LogP contribution < -0.4 is 24.3 Å². The van der Waals surface area contributed by atoms with E-state index in [0.29, 0.717) is 41.0 Å². The average molecular weight is 380 g/mol. The molecule has 5 rings (SSSR count). The molecular weight excluding hydrogens is 364 g/mol. The fourth-order valence-electron chi connectivity index (χ4n) is 3.06. The van der Waals surface area contributed by atoms with Crippen LogP contribution in [0.3, 0.4) is 0 Å². The number of nitrogens with one attached hydrogen (secondary N) is 1. The van der Waals surface area contributed by atoms with Gasteiger partial charge in [0.05, 0.1) is 12.1 Å². The standard InChI is InChI=1S/C20H16N2O6/c23-20(21-9-12-1-3-15-18(5-12)26-10-24-15)8-14-7-17(28-22-14)13-2-4-16-19(6-13)27-11-25-16/h1-7H,8-11H2,(H,21,23). The summed E-state index contributed by atoms with van der Waals surface area (Å²) < 4.78 is 26.7. The maximum absolute atomic E-state index is 12.2. The van der Waals surface area contributed by atoms with Gasteiger partial charge in [-0.05, 0) is 35.9 Å². The minimum atomic E-state index is -0.150. The van der Waals surface area contributed by atoms with E-state index in [0.717, 1.165) is 11.1 Å². The number of hydrogen-bond acceptors (Lipinski definition) is 7. The first-order chi connectivity index (χ1) is 13.7. The number of fused-ring (bicyclic) bond motifs is 2. The number of rotatable bonds is 5. The van der Waals surface area contributed by atoms with E-state index >= 15 is 0 Å². The van der Waals surface area contributed by atoms with Crippen molar-refractivity contribution < 1.29 is 28.3 Å². The van der Waals surface area contributed by atoms with E-state index in [1.165, 1.54) is 0 Å². The minimum Gasteiger partial charge on any atom is -0.454 e. The molecule has 0 spiro atoms. The van der Waals surface area contributed by atoms with Crippen molar-refractivity contribution in [3.05, 3.63) is 53.7 Å². The first kappa shape index (κ1) is 16.5. The highest BCUT2D eigenvalue weighted by molar-refractivity contribution is 5.78. The third-order valence-electron chi connectivity index (χ3n) is 4.48. The molecule has 0 saturated heterocycles. The van der Waals surface area contributed by atoms with Crippen LogP contribution in [0.4, 0.5) is 0 Å². The molecule has 2 aliphatic rings. The third-order valence-corrected chi connectivity index (χ3v) is 4.48. The topological polar surface area (TPSA) is 92.1 Å². The average Bonchev–Trinajstić information content (AvgIpc) is 3.45. The second-order valence-corrected chi connectivity index (χ2v) is 6.39. The van der Waals surface area contributed by atoms with Crippen LogP contribution in [0, 0.1) is 0 Å². The van der Waals surface area contributed by atoms with E-state index in [-0.39, 0.29) is 25.9 Å². The van der Waals surface area contributed by atoms with E-state index in [1.807, 2.05) is 36.4 Å². The summed E-state index contributed by atoms with van der Waals surface area (Å²) in [6.45, 7) is 0.829. The van der Waals surface area contributed by atoms with Gasteiger partial charge >= 0.3 is 0 Å². The van der Waals surface area contributed by atoms with E-state index < -0.39 is 0 Å². The predicted octanol–water partition coefficient (Wildman–Crippen LogP) is 2.66. The van der Waals surface area contributed by atoms with Crippen molar-refractivity contribution in [3.63, 3.8) is 0 Å². The Bertz CT molecular complexity index is 1040. The molecule has 0 fully saturated rings. The molecule has 28 heavy (non-hydrogen) atoms. The summed E-state index contributed by atoms with van der Waals surface area (Å²) in [6.07, 6.45) is 0.124. The van der Waals surface area contributed by atoms with Gasteiger partial charge in [-0.15, -0.1) is 0 Å². The van der Waals surface area contributed by atoms with Gasteiger partial charge in [0, 0.05) is 18.2 Å². The van der Waals surface area contributed by atoms with E-state index in [4.69, 9.17) is 23.5 Å². The number of aromatic nitrogens is 1. The van der Waals surface area contributed by atoms with Gasteiger partial charge in [-0.2, -0.15) is 0 Å². The molecule has 3 heterocycles. The Kier molecular flexibility index (Phi) is 4.01. The minimum absolute atomic E-state index is 0.124. The molecule has 8 heteroatoms. The lowest BCUT2D eigenvalue weighted by molar-refractivity contribution is -0.120. The summed E-state index contributed by atoms with van der Waals surface area (Å²) in [5.41, 5.74) is 2.29. The van der Waals surface area contributed by atoms with Crippen molar-refractivity contribution in [2.75, 3.05) is 13.6 Å². The Morgan fingerprint density at radius 1 is 0.893 bits per heavy atom. The van der Waals surface area contributed by atoms with Gasteiger partial charge < -0.3 is 28.8 Å². The second kappa shape index (κ2) is 6.80. The maximum Gasteiger partial charge on any atom is 0.231 e. The highest BCUT2D eigenvalue weighted by Gasteiger charge is 2.17. The highest BCUT2D eigenvalue weighted by atomic mass is 16.7. The monoisotopic (exact) mass is 380 g/mol. The summed E-state index contributed by atoms with van der Waals surface area (Å²) in [5.74, 6) is 3.19. The van der Waals surface area contributed by atoms with Crippen LogP contribution in [0.15, 0.2) is 47.0 Å². The second-order valence-electron chi connectivity index (χ2n) is 6.39. The number of amides is 1. The van der Waals surface area contributed by atoms with Crippen LogP contribution in [0.5, 0.6) is 23.0 Å². The molecule has 2 aliphatic heterocycles. The third kappa shape index (κ3) is 3.20. The van der Waals surface area contributed by atoms with Crippen LogP contribution in [-0.2, 0) is 17.8 Å². The summed E-state index contributed by atoms with van der Waals surface area (Å²) in [5, 5.41) is 6.85. The molecule has 1 N–H and O–H groups in total. The Morgan fingerprint density at radius 3 is 2.43 bits per heavy atom. The molecule has 8 nitrogen and oxygen atoms in total. The van der Waals surface area contributed by atoms with Gasteiger partial charge in [-0.3, -0.25) is 4.79 Å². The fourth-order valence-corrected chi connectivity index (χ4v) is 3.06. The lowest BCUT2D eigenvalue weighted by Crippen LogP contribution is -2.24. The smallest absolute Gasteiger partial charge is 0.231 e. The Labute approximate surface area is 159 Å². The molecular formula is C20H16N2O6. The van der Waals surface area contributed by atoms with Crippen LogP contribution in [0.2, 0.25) is 0 Å². The van der Waals surface area contributed by atoms with E-state index in [2.05, 4.69) is 10.5 Å². The van der Waals surface area contributed by atoms with Gasteiger partial charge in [-0.25, -0.2) is 0 Å². The highest BCUT2D eigenvalue weighted by Crippen LogP contribution is 2.36. The van der Waals surface area contributed by atoms with Crippen LogP contribution >= 0.6 is 0 Å². The fraction of sp³-hybridized carbons (Fsp3) is 0.200. The normalized spacial score (nSPS) is 13.6. The Balaban J connectivity index is 1.20. The van der Waals surface area contributed by atoms with Crippen molar-refractivity contribution in [1.82, 2.24) is 10.5 Å². The SMILES string of the molecule is O=C(Cc1cc(-c2ccc3c(c2)OCO3)on1)NCc1ccc2c(c1)OCO2. The van der Waals surface area contributed by atoms with Crippen LogP contribution in [0.1, 0.15) is 11.3 Å². The van der Waals surface area contributed by atoms with Crippen molar-refractivity contribution in [2.24, 2.45) is 0 Å². The van der Waals surface area contributed by atoms with E-state index in [1.54, 1.807) is 6.07 Å². The summed E-state index contributed by atoms with van der Waals surface area (Å²) >= 11 is 0. The van der Waals surface area contributed by atoms with Crippen molar-refractivity contribution in [1.29, 1.82) is 0 Å². The molecule has 0 unspecified atom stereocenters. The largest absolute Gasteiger partial charge is 0.454 e. The molecule has 0 radical (unpaired) electrons. The number of hydrogen-bond donors (Lipinski definition) is 1. The van der Waals surface area contributed by atoms with Gasteiger partial charge in [0.2, 0.25) is 19.5 Å². The van der Waals surface area contributed by atoms with Crippen molar-refractivity contribution in [3.8, 4) is 34.3 Å². The molecule has 3 aromatic rings. The predicted molar refractivity (Wildman–Crippen MR) is 96.2 cm³/mol. The maximum atomic E-state index is 12.2. The lowest BCUT2D eigenvalue weighted by Gasteiger charge is -2.05. The first-order valence-electron chi connectivity index (χ1n) is 8.75. The number of nitrogens with zero attached hydrogens (tertiary/aromatic N) is 1. The van der Waals surface area contributed by atoms with Crippen LogP contribution in [-0.4, -0.2) is 24.6 Å². The molecule has 2 aromatic carbocycles. The Morgan fingerprint density at radius 2 is 1.61 bits per heavy atom. The Hall–Kier alpha value is -3.68. The summed E-state index contributed by atoms with van der Waals surface area (Å²) in [7, 11) is 0. The van der Waals surface area contributed by atoms with Gasteiger partial charge in [0.15, 0.2) is 28.8 Å². The number of benzene rings is 2. The molecule has 1 amide bonds. The quantitative estimate of drug-likeness (QED) is 0.727. The number of carbonyl (C=O) groups is 1. The van der Waals surface area contributed by atoms with Gasteiger partial charge in [0.1, 0.15) is 0 Å². The zero-order valence-electron chi connectivity index (χ0n) is 14.8. The molecule has 142 valence electrons. The van der Waals surface area contributed by atoms with Gasteiger partial charge in [0.25, 0.3) is 0 Å². The number of carbonyl (C=O) groups excluding carboxylic acids is 1. The first-order valence-corrected chi connectivity index (χ1v) is 8.75. The zero-order valence-corrected chi connectivity index (χ0v) is 14.8. The zero-order chi connectivity index (χ0) is 18.9. The molecule has 0 bridgehead atoms.